The van der Waals surface area contributed by atoms with E-state index in [1.165, 1.54) is 0 Å². The number of aryl methyl sites for hydroxylation is 1. The van der Waals surface area contributed by atoms with Gasteiger partial charge in [-0.3, -0.25) is 0 Å². The number of anilines is 1. The van der Waals surface area contributed by atoms with Gasteiger partial charge in [0.15, 0.2) is 0 Å². The number of hydrogen-bond acceptors (Lipinski definition) is 4. The zero-order valence-corrected chi connectivity index (χ0v) is 12.3. The fourth-order valence-corrected chi connectivity index (χ4v) is 2.96. The van der Waals surface area contributed by atoms with Crippen LogP contribution in [0.2, 0.25) is 0 Å². The van der Waals surface area contributed by atoms with E-state index in [0.29, 0.717) is 6.61 Å². The lowest BCUT2D eigenvalue weighted by Gasteiger charge is -2.33. The summed E-state index contributed by atoms with van der Waals surface area (Å²) in [6, 6.07) is 5.92. The van der Waals surface area contributed by atoms with E-state index in [2.05, 4.69) is 31.9 Å². The summed E-state index contributed by atoms with van der Waals surface area (Å²) in [4.78, 5) is 6.73. The molecule has 0 saturated carbocycles. The molecule has 1 aliphatic heterocycles. The summed E-state index contributed by atoms with van der Waals surface area (Å²) < 4.78 is 12.2. The van der Waals surface area contributed by atoms with Crippen molar-refractivity contribution in [1.82, 2.24) is 4.98 Å². The monoisotopic (exact) mass is 322 g/mol. The summed E-state index contributed by atoms with van der Waals surface area (Å²) in [6.45, 7) is 4.30. The third kappa shape index (κ3) is 2.67. The lowest BCUT2D eigenvalue weighted by molar-refractivity contribution is 0.0254. The standard InChI is InChI=1S/C14H15BrN2O2/c1-10-7-11(15)14(16-8-10)17-4-6-19-13(9-17)12-3-2-5-18-12/h2-3,5,7-8,13H,4,6,9H2,1H3. The van der Waals surface area contributed by atoms with Crippen LogP contribution in [-0.4, -0.2) is 24.7 Å². The number of morpholine rings is 1. The highest BCUT2D eigenvalue weighted by Gasteiger charge is 2.25. The van der Waals surface area contributed by atoms with E-state index >= 15 is 0 Å². The third-order valence-electron chi connectivity index (χ3n) is 3.18. The second-order valence-corrected chi connectivity index (χ2v) is 5.49. The van der Waals surface area contributed by atoms with Gasteiger partial charge in [-0.05, 0) is 46.6 Å². The molecule has 4 nitrogen and oxygen atoms in total. The number of rotatable bonds is 2. The van der Waals surface area contributed by atoms with Crippen molar-refractivity contribution in [2.24, 2.45) is 0 Å². The molecule has 0 aliphatic carbocycles. The second-order valence-electron chi connectivity index (χ2n) is 4.64. The number of nitrogens with zero attached hydrogens (tertiary/aromatic N) is 2. The van der Waals surface area contributed by atoms with Crippen LogP contribution in [0.1, 0.15) is 17.4 Å². The molecule has 3 rings (SSSR count). The van der Waals surface area contributed by atoms with Gasteiger partial charge < -0.3 is 14.1 Å². The normalized spacial score (nSPS) is 19.7. The van der Waals surface area contributed by atoms with E-state index in [-0.39, 0.29) is 6.10 Å². The Hall–Kier alpha value is -1.33. The third-order valence-corrected chi connectivity index (χ3v) is 3.77. The molecule has 1 atom stereocenters. The summed E-state index contributed by atoms with van der Waals surface area (Å²) in [6.07, 6.45) is 3.54. The zero-order chi connectivity index (χ0) is 13.2. The highest BCUT2D eigenvalue weighted by atomic mass is 79.9. The van der Waals surface area contributed by atoms with Crippen molar-refractivity contribution >= 4 is 21.7 Å². The van der Waals surface area contributed by atoms with E-state index in [4.69, 9.17) is 9.15 Å². The summed E-state index contributed by atoms with van der Waals surface area (Å²) in [5.74, 6) is 1.83. The Balaban J connectivity index is 1.81. The molecule has 0 spiro atoms. The largest absolute Gasteiger partial charge is 0.467 e. The van der Waals surface area contributed by atoms with Crippen molar-refractivity contribution in [3.05, 3.63) is 46.5 Å². The fraction of sp³-hybridized carbons (Fsp3) is 0.357. The molecule has 2 aromatic rings. The average Bonchev–Trinajstić information content (AvgIpc) is 2.93. The van der Waals surface area contributed by atoms with Crippen LogP contribution in [0.25, 0.3) is 0 Å². The Kier molecular flexibility index (Phi) is 3.57. The van der Waals surface area contributed by atoms with Crippen molar-refractivity contribution in [3.63, 3.8) is 0 Å². The fourth-order valence-electron chi connectivity index (χ4n) is 2.25. The number of furan rings is 1. The molecule has 1 aliphatic rings. The lowest BCUT2D eigenvalue weighted by Crippen LogP contribution is -2.39. The molecule has 0 radical (unpaired) electrons. The minimum absolute atomic E-state index is 0.0289. The van der Waals surface area contributed by atoms with Crippen LogP contribution >= 0.6 is 15.9 Å². The zero-order valence-electron chi connectivity index (χ0n) is 10.7. The molecule has 0 N–H and O–H groups in total. The highest BCUT2D eigenvalue weighted by molar-refractivity contribution is 9.10. The van der Waals surface area contributed by atoms with Crippen LogP contribution in [0.4, 0.5) is 5.82 Å². The molecule has 1 unspecified atom stereocenters. The van der Waals surface area contributed by atoms with Gasteiger partial charge in [0.1, 0.15) is 17.7 Å². The minimum Gasteiger partial charge on any atom is -0.467 e. The maximum absolute atomic E-state index is 5.76. The maximum Gasteiger partial charge on any atom is 0.143 e. The van der Waals surface area contributed by atoms with Crippen LogP contribution in [0.5, 0.6) is 0 Å². The van der Waals surface area contributed by atoms with Gasteiger partial charge in [-0.15, -0.1) is 0 Å². The summed E-state index contributed by atoms with van der Waals surface area (Å²) >= 11 is 3.58. The van der Waals surface area contributed by atoms with Crippen molar-refractivity contribution in [2.75, 3.05) is 24.6 Å². The second kappa shape index (κ2) is 5.35. The van der Waals surface area contributed by atoms with Gasteiger partial charge in [0.2, 0.25) is 0 Å². The molecule has 0 bridgehead atoms. The number of hydrogen-bond donors (Lipinski definition) is 0. The smallest absolute Gasteiger partial charge is 0.143 e. The van der Waals surface area contributed by atoms with E-state index in [1.54, 1.807) is 6.26 Å². The van der Waals surface area contributed by atoms with Crippen LogP contribution in [-0.2, 0) is 4.74 Å². The molecule has 19 heavy (non-hydrogen) atoms. The van der Waals surface area contributed by atoms with E-state index in [9.17, 15) is 0 Å². The Bertz CT molecular complexity index is 557. The van der Waals surface area contributed by atoms with Crippen molar-refractivity contribution in [2.45, 2.75) is 13.0 Å². The van der Waals surface area contributed by atoms with Gasteiger partial charge in [-0.1, -0.05) is 0 Å². The molecular formula is C14H15BrN2O2. The first-order valence-corrected chi connectivity index (χ1v) is 7.05. The van der Waals surface area contributed by atoms with E-state index in [1.807, 2.05) is 25.3 Å². The van der Waals surface area contributed by atoms with Gasteiger partial charge in [-0.25, -0.2) is 4.98 Å². The number of halogens is 1. The maximum atomic E-state index is 5.76. The Morgan fingerprint density at radius 1 is 1.47 bits per heavy atom. The van der Waals surface area contributed by atoms with Crippen molar-refractivity contribution < 1.29 is 9.15 Å². The van der Waals surface area contributed by atoms with E-state index < -0.39 is 0 Å². The Labute approximate surface area is 120 Å². The van der Waals surface area contributed by atoms with Gasteiger partial charge in [0, 0.05) is 12.7 Å². The summed E-state index contributed by atoms with van der Waals surface area (Å²) in [5.41, 5.74) is 1.14. The van der Waals surface area contributed by atoms with Crippen LogP contribution in [0, 0.1) is 6.92 Å². The topological polar surface area (TPSA) is 38.5 Å². The molecule has 1 fully saturated rings. The first-order chi connectivity index (χ1) is 9.24. The Morgan fingerprint density at radius 3 is 3.11 bits per heavy atom. The molecule has 0 aromatic carbocycles. The highest BCUT2D eigenvalue weighted by Crippen LogP contribution is 2.30. The SMILES string of the molecule is Cc1cnc(N2CCOC(c3ccco3)C2)c(Br)c1. The van der Waals surface area contributed by atoms with Crippen molar-refractivity contribution in [1.29, 1.82) is 0 Å². The quantitative estimate of drug-likeness (QED) is 0.850. The average molecular weight is 323 g/mol. The van der Waals surface area contributed by atoms with Gasteiger partial charge >= 0.3 is 0 Å². The van der Waals surface area contributed by atoms with Gasteiger partial charge in [0.05, 0.1) is 23.9 Å². The molecule has 1 saturated heterocycles. The summed E-state index contributed by atoms with van der Waals surface area (Å²) in [5, 5.41) is 0. The van der Waals surface area contributed by atoms with Crippen LogP contribution in [0.15, 0.2) is 39.5 Å². The number of ether oxygens (including phenoxy) is 1. The Morgan fingerprint density at radius 2 is 2.37 bits per heavy atom. The molecular weight excluding hydrogens is 308 g/mol. The predicted molar refractivity (Wildman–Crippen MR) is 76.3 cm³/mol. The first-order valence-electron chi connectivity index (χ1n) is 6.26. The summed E-state index contributed by atoms with van der Waals surface area (Å²) in [7, 11) is 0. The molecule has 3 heterocycles. The predicted octanol–water partition coefficient (Wildman–Crippen LogP) is 3.32. The van der Waals surface area contributed by atoms with Gasteiger partial charge in [0.25, 0.3) is 0 Å². The van der Waals surface area contributed by atoms with Crippen LogP contribution < -0.4 is 4.90 Å². The van der Waals surface area contributed by atoms with Crippen LogP contribution in [0.3, 0.4) is 0 Å². The number of aromatic nitrogens is 1. The molecule has 0 amide bonds. The first kappa shape index (κ1) is 12.7. The number of pyridine rings is 1. The lowest BCUT2D eigenvalue weighted by atomic mass is 10.2. The van der Waals surface area contributed by atoms with E-state index in [0.717, 1.165) is 34.7 Å². The van der Waals surface area contributed by atoms with Crippen molar-refractivity contribution in [3.8, 4) is 0 Å². The molecule has 2 aromatic heterocycles. The van der Waals surface area contributed by atoms with Gasteiger partial charge in [-0.2, -0.15) is 0 Å². The minimum atomic E-state index is -0.0289. The molecule has 5 heteroatoms. The molecule has 100 valence electrons.